The zero-order valence-corrected chi connectivity index (χ0v) is 79.9. The van der Waals surface area contributed by atoms with Gasteiger partial charge in [-0.05, 0) is 188 Å². The Morgan fingerprint density at radius 2 is 0.348 bits per heavy atom. The van der Waals surface area contributed by atoms with Crippen molar-refractivity contribution < 1.29 is 119 Å². The second-order valence-corrected chi connectivity index (χ2v) is 42.4. The molecule has 6 amide bonds. The van der Waals surface area contributed by atoms with E-state index in [1.165, 1.54) is 29.4 Å². The third-order valence-corrected chi connectivity index (χ3v) is 32.5. The molecule has 0 bridgehead atoms. The molecule has 0 spiro atoms. The fraction of sp³-hybridized carbons (Fsp3) is 0.750. The van der Waals surface area contributed by atoms with Gasteiger partial charge in [-0.25, -0.2) is 28.8 Å². The van der Waals surface area contributed by atoms with Gasteiger partial charge in [0.25, 0.3) is 0 Å². The van der Waals surface area contributed by atoms with E-state index in [2.05, 4.69) is 70.9 Å². The number of β-lactam (4-membered cyclic amide) rings is 6. The molecule has 18 heterocycles. The van der Waals surface area contributed by atoms with E-state index >= 15 is 0 Å². The highest BCUT2D eigenvalue weighted by Crippen LogP contribution is 2.54. The van der Waals surface area contributed by atoms with Gasteiger partial charge in [-0.2, -0.15) is 0 Å². The number of carbonyl (C=O) groups excluding carboxylic acids is 6. The predicted octanol–water partition coefficient (Wildman–Crippen LogP) is 3.15. The first kappa shape index (κ1) is 101. The number of hydrogen-bond donors (Lipinski definition) is 12. The molecule has 732 valence electrons. The maximum atomic E-state index is 12.2. The molecule has 132 heavy (non-hydrogen) atoms. The van der Waals surface area contributed by atoms with E-state index in [0.29, 0.717) is 74.8 Å². The van der Waals surface area contributed by atoms with Gasteiger partial charge >= 0.3 is 35.8 Å². The van der Waals surface area contributed by atoms with Crippen molar-refractivity contribution in [1.82, 2.24) is 58.8 Å². The highest BCUT2D eigenvalue weighted by Gasteiger charge is 2.66. The van der Waals surface area contributed by atoms with Crippen molar-refractivity contribution in [2.24, 2.45) is 107 Å². The number of carbonyl (C=O) groups is 12. The molecular formula is C96H144N12O24. The molecule has 0 saturated carbocycles. The normalized spacial score (nSPS) is 36.5. The Kier molecular flexibility index (Phi) is 30.4. The third kappa shape index (κ3) is 18.5. The zero-order valence-electron chi connectivity index (χ0n) is 79.9. The molecule has 36 heteroatoms. The van der Waals surface area contributed by atoms with E-state index in [9.17, 15) is 119 Å². The van der Waals surface area contributed by atoms with Gasteiger partial charge in [-0.3, -0.25) is 58.2 Å². The van der Waals surface area contributed by atoms with Gasteiger partial charge < -0.3 is 90.7 Å². The lowest BCUT2D eigenvalue weighted by Crippen LogP contribution is -2.63. The first-order valence-corrected chi connectivity index (χ1v) is 48.1. The third-order valence-electron chi connectivity index (χ3n) is 32.5. The monoisotopic (exact) mass is 1850 g/mol. The number of aliphatic hydroxyl groups excluding tert-OH is 6. The highest BCUT2D eigenvalue weighted by molar-refractivity contribution is 6.04. The van der Waals surface area contributed by atoms with Crippen molar-refractivity contribution >= 4 is 71.3 Å². The number of rotatable bonds is 24. The maximum absolute atomic E-state index is 12.2. The Morgan fingerprint density at radius 3 is 0.432 bits per heavy atom. The number of nitrogens with zero attached hydrogens (tertiary/aromatic N) is 12. The van der Waals surface area contributed by atoms with E-state index in [1.807, 2.05) is 41.5 Å². The number of aliphatic hydroxyl groups is 6. The fourth-order valence-electron chi connectivity index (χ4n) is 25.6. The predicted molar refractivity (Wildman–Crippen MR) is 479 cm³/mol. The summed E-state index contributed by atoms with van der Waals surface area (Å²) in [6, 6.07) is -1.20. The van der Waals surface area contributed by atoms with E-state index in [1.54, 1.807) is 41.5 Å². The minimum absolute atomic E-state index is 0.0145. The molecule has 0 radical (unpaired) electrons. The van der Waals surface area contributed by atoms with Crippen LogP contribution in [0.5, 0.6) is 0 Å². The lowest BCUT2D eigenvalue weighted by atomic mass is 9.77. The van der Waals surface area contributed by atoms with Crippen LogP contribution in [0.3, 0.4) is 0 Å². The first-order valence-electron chi connectivity index (χ1n) is 48.1. The molecule has 12 fully saturated rings. The molecule has 12 saturated heterocycles. The van der Waals surface area contributed by atoms with E-state index in [-0.39, 0.29) is 141 Å². The summed E-state index contributed by atoms with van der Waals surface area (Å²) in [4.78, 5) is 165. The van der Waals surface area contributed by atoms with Crippen LogP contribution in [0.1, 0.15) is 163 Å². The lowest BCUT2D eigenvalue weighted by molar-refractivity contribution is -0.163. The number of fused-ring (bicyclic) bond motifs is 6. The molecule has 18 rings (SSSR count). The SMILES string of the molecule is C[C@H]1CCN(CC2=C(C(=O)O)N3C(=O)C([C@@H](C)O)C3[C@H]2C)C1.C[C@H]1CCN(CC2=C(C(=O)O)N3C(=O)C([C@@H](C)O)C3[C@H]2C)C1.C[C@H]1CCN(CC2=C(C(=O)O)N3C(=O)C([C@@H](C)O)C3[C@H]2C)C1.C[C@H]1CCN(CC2=C(C(=O)O)N3C(=O)C([C@@H](C)O)C3[C@H]2C)C1.C[C@H]1CCN(CC2=C(C(=O)O)N3C(=O)C([C@@H](C)O)C3[C@H]2C)C1.C[C@H]1CCN(CC2=C(C(=O)O)N3C(=O)C([C@@H](C)O)C3[C@H]2C)C1. The molecule has 0 aromatic heterocycles. The zero-order chi connectivity index (χ0) is 97.1. The minimum Gasteiger partial charge on any atom is -0.477 e. The van der Waals surface area contributed by atoms with Gasteiger partial charge in [0.2, 0.25) is 35.4 Å². The smallest absolute Gasteiger partial charge is 0.352 e. The summed E-state index contributed by atoms with van der Waals surface area (Å²) < 4.78 is 0. The van der Waals surface area contributed by atoms with Crippen LogP contribution in [0.2, 0.25) is 0 Å². The molecule has 12 unspecified atom stereocenters. The van der Waals surface area contributed by atoms with Gasteiger partial charge in [0.05, 0.1) is 108 Å². The van der Waals surface area contributed by atoms with Crippen LogP contribution in [0, 0.1) is 107 Å². The largest absolute Gasteiger partial charge is 0.477 e. The van der Waals surface area contributed by atoms with E-state index < -0.39 is 108 Å². The first-order chi connectivity index (χ1) is 61.9. The summed E-state index contributed by atoms with van der Waals surface area (Å²) in [6.07, 6.45) is 2.36. The van der Waals surface area contributed by atoms with Crippen LogP contribution < -0.4 is 0 Å². The van der Waals surface area contributed by atoms with E-state index in [4.69, 9.17) is 0 Å². The second-order valence-electron chi connectivity index (χ2n) is 42.4. The Morgan fingerprint density at radius 1 is 0.235 bits per heavy atom. The number of likely N-dealkylation sites (tertiary alicyclic amines) is 6. The summed E-state index contributed by atoms with van der Waals surface area (Å²) in [7, 11) is 0. The van der Waals surface area contributed by atoms with Gasteiger partial charge in [-0.15, -0.1) is 0 Å². The summed E-state index contributed by atoms with van der Waals surface area (Å²) in [5.41, 5.74) is 5.93. The number of carboxylic acids is 6. The molecule has 30 atom stereocenters. The average Bonchev–Trinajstić information content (AvgIpc) is 1.56. The number of amides is 6. The van der Waals surface area contributed by atoms with Crippen LogP contribution in [-0.2, 0) is 57.5 Å². The molecule has 0 aliphatic carbocycles. The molecule has 12 N–H and O–H groups in total. The summed E-state index contributed by atoms with van der Waals surface area (Å²) in [5.74, 6) is -6.85. The quantitative estimate of drug-likeness (QED) is 0.0618. The van der Waals surface area contributed by atoms with Gasteiger partial charge in [0.15, 0.2) is 0 Å². The van der Waals surface area contributed by atoms with Crippen LogP contribution in [0.15, 0.2) is 67.6 Å². The molecule has 0 aromatic carbocycles. The Bertz CT molecular complexity index is 4000. The molecule has 18 aliphatic heterocycles. The standard InChI is InChI=1S/6C16H24N2O4/c6*1-8-4-5-17(6-8)7-11-9(2)13-12(10(3)19)15(20)18(13)14(11)16(21)22/h6*8-10,12-13,19H,4-7H2,1-3H3,(H,21,22)/t6*8-,9-,10+,12?,13?/m000000/s1. The second kappa shape index (κ2) is 39.7. The minimum atomic E-state index is -1.03. The fourth-order valence-corrected chi connectivity index (χ4v) is 25.6. The van der Waals surface area contributed by atoms with Crippen LogP contribution in [-0.4, -0.2) is 382 Å². The number of carboxylic acid groups (broad SMARTS) is 6. The van der Waals surface area contributed by atoms with Gasteiger partial charge in [0, 0.05) is 114 Å². The molecule has 18 aliphatic rings. The van der Waals surface area contributed by atoms with Crippen molar-refractivity contribution in [2.45, 2.75) is 236 Å². The van der Waals surface area contributed by atoms with Crippen LogP contribution in [0.4, 0.5) is 0 Å². The highest BCUT2D eigenvalue weighted by atomic mass is 16.4. The topological polar surface area (TPSA) is 486 Å². The van der Waals surface area contributed by atoms with Crippen molar-refractivity contribution in [3.63, 3.8) is 0 Å². The molecule has 0 aromatic rings. The van der Waals surface area contributed by atoms with Crippen molar-refractivity contribution in [3.8, 4) is 0 Å². The Labute approximate surface area is 773 Å². The summed E-state index contributed by atoms with van der Waals surface area (Å²) in [6.45, 7) is 50.0. The van der Waals surface area contributed by atoms with Crippen molar-refractivity contribution in [1.29, 1.82) is 0 Å². The maximum Gasteiger partial charge on any atom is 0.352 e. The molecular weight excluding hydrogens is 1710 g/mol. The lowest BCUT2D eigenvalue weighted by Gasteiger charge is -2.46. The average molecular weight is 1850 g/mol. The molecule has 36 nitrogen and oxygen atoms in total. The number of hydrogen-bond acceptors (Lipinski definition) is 24. The van der Waals surface area contributed by atoms with Crippen LogP contribution in [0.25, 0.3) is 0 Å². The Balaban J connectivity index is 0.000000135. The van der Waals surface area contributed by atoms with Crippen molar-refractivity contribution in [2.75, 3.05) is 118 Å². The summed E-state index contributed by atoms with van der Waals surface area (Å²) in [5, 5.41) is 116. The summed E-state index contributed by atoms with van der Waals surface area (Å²) >= 11 is 0. The van der Waals surface area contributed by atoms with Gasteiger partial charge in [0.1, 0.15) is 34.2 Å². The van der Waals surface area contributed by atoms with Gasteiger partial charge in [-0.1, -0.05) is 83.1 Å². The van der Waals surface area contributed by atoms with Crippen molar-refractivity contribution in [3.05, 3.63) is 67.6 Å². The van der Waals surface area contributed by atoms with E-state index in [0.717, 1.165) is 151 Å². The number of aliphatic carboxylic acids is 6. The van der Waals surface area contributed by atoms with Crippen LogP contribution >= 0.6 is 0 Å². The Hall–Kier alpha value is -8.40.